The fraction of sp³-hybridized carbons (Fsp3) is 0.394. The van der Waals surface area contributed by atoms with Crippen LogP contribution in [0.15, 0.2) is 36.5 Å². The molecule has 13 heteroatoms. The fourth-order valence-corrected chi connectivity index (χ4v) is 5.76. The molecule has 242 valence electrons. The van der Waals surface area contributed by atoms with E-state index >= 15 is 0 Å². The number of pyridine rings is 2. The van der Waals surface area contributed by atoms with E-state index in [4.69, 9.17) is 23.9 Å². The summed E-state index contributed by atoms with van der Waals surface area (Å²) in [7, 11) is 2.93. The van der Waals surface area contributed by atoms with Gasteiger partial charge < -0.3 is 39.5 Å². The minimum Gasteiger partial charge on any atom is -0.492 e. The van der Waals surface area contributed by atoms with Crippen molar-refractivity contribution in [3.63, 3.8) is 0 Å². The Kier molecular flexibility index (Phi) is 8.32. The summed E-state index contributed by atoms with van der Waals surface area (Å²) in [5, 5.41) is 6.16. The van der Waals surface area contributed by atoms with Crippen LogP contribution in [0, 0.1) is 5.82 Å². The lowest BCUT2D eigenvalue weighted by molar-refractivity contribution is 0.0121. The summed E-state index contributed by atoms with van der Waals surface area (Å²) in [4.78, 5) is 40.2. The third-order valence-corrected chi connectivity index (χ3v) is 7.90. The summed E-state index contributed by atoms with van der Waals surface area (Å²) < 4.78 is 37.5. The molecule has 1 aromatic carbocycles. The molecule has 46 heavy (non-hydrogen) atoms. The standard InChI is InChI=1S/C33H37FN6O6/c1-33(2,3)46-32(42)40-15-11-18(12-16-40)45-31-24(43-4)17-23-26(39-31)19(9-13-35-23)27-28(25-21(37-27)10-14-36-30(25)41)38-22-8-6-7-20(34)29(22)44-5/h6-9,13,17-18,37-38H,10-12,14-16H2,1-5H3,(H,36,41). The van der Waals surface area contributed by atoms with Crippen molar-refractivity contribution in [2.24, 2.45) is 0 Å². The maximum absolute atomic E-state index is 14.6. The summed E-state index contributed by atoms with van der Waals surface area (Å²) in [6, 6.07) is 8.11. The Morgan fingerprint density at radius 1 is 1.13 bits per heavy atom. The average Bonchev–Trinajstić information content (AvgIpc) is 3.39. The smallest absolute Gasteiger partial charge is 0.410 e. The molecular weight excluding hydrogens is 595 g/mol. The quantitative estimate of drug-likeness (QED) is 0.238. The zero-order valence-electron chi connectivity index (χ0n) is 26.5. The Balaban J connectivity index is 1.37. The molecule has 0 spiro atoms. The minimum absolute atomic E-state index is 0.0236. The monoisotopic (exact) mass is 632 g/mol. The van der Waals surface area contributed by atoms with Gasteiger partial charge in [0.25, 0.3) is 11.8 Å². The predicted octanol–water partition coefficient (Wildman–Crippen LogP) is 5.59. The van der Waals surface area contributed by atoms with Gasteiger partial charge in [-0.15, -0.1) is 0 Å². The molecule has 2 amide bonds. The van der Waals surface area contributed by atoms with Crippen molar-refractivity contribution < 1.29 is 32.9 Å². The first-order valence-electron chi connectivity index (χ1n) is 15.2. The van der Waals surface area contributed by atoms with Gasteiger partial charge in [0.1, 0.15) is 17.2 Å². The lowest BCUT2D eigenvalue weighted by Crippen LogP contribution is -2.44. The summed E-state index contributed by atoms with van der Waals surface area (Å²) in [6.45, 7) is 6.97. The number of halogens is 1. The number of H-pyrrole nitrogens is 1. The highest BCUT2D eigenvalue weighted by Crippen LogP contribution is 2.42. The second kappa shape index (κ2) is 12.4. The van der Waals surface area contributed by atoms with Crippen LogP contribution in [-0.4, -0.2) is 77.4 Å². The molecule has 0 aliphatic carbocycles. The molecular formula is C33H37FN6O6. The van der Waals surface area contributed by atoms with Crippen LogP contribution >= 0.6 is 0 Å². The van der Waals surface area contributed by atoms with Crippen molar-refractivity contribution in [2.45, 2.75) is 51.7 Å². The number of methoxy groups -OCH3 is 2. The van der Waals surface area contributed by atoms with Crippen LogP contribution in [0.5, 0.6) is 17.4 Å². The normalized spacial score (nSPS) is 15.3. The van der Waals surface area contributed by atoms with E-state index in [-0.39, 0.29) is 29.7 Å². The molecule has 0 unspecified atom stereocenters. The molecule has 2 aliphatic rings. The van der Waals surface area contributed by atoms with Crippen LogP contribution in [0.4, 0.5) is 20.6 Å². The number of hydrogen-bond acceptors (Lipinski definition) is 9. The van der Waals surface area contributed by atoms with Crippen molar-refractivity contribution in [1.29, 1.82) is 0 Å². The number of aromatic nitrogens is 3. The zero-order valence-corrected chi connectivity index (χ0v) is 26.5. The van der Waals surface area contributed by atoms with Crippen LogP contribution in [0.1, 0.15) is 49.7 Å². The molecule has 3 N–H and O–H groups in total. The van der Waals surface area contributed by atoms with Gasteiger partial charge in [-0.25, -0.2) is 14.2 Å². The fourth-order valence-electron chi connectivity index (χ4n) is 5.76. The van der Waals surface area contributed by atoms with E-state index in [2.05, 4.69) is 20.6 Å². The Morgan fingerprint density at radius 3 is 2.63 bits per heavy atom. The number of amides is 2. The van der Waals surface area contributed by atoms with E-state index in [1.54, 1.807) is 35.4 Å². The molecule has 4 aromatic rings. The number of para-hydroxylation sites is 1. The molecule has 1 fully saturated rings. The number of piperidine rings is 1. The number of fused-ring (bicyclic) bond motifs is 2. The van der Waals surface area contributed by atoms with Gasteiger partial charge in [-0.3, -0.25) is 9.78 Å². The summed E-state index contributed by atoms with van der Waals surface area (Å²) in [6.07, 6.45) is 2.85. The van der Waals surface area contributed by atoms with E-state index in [0.717, 1.165) is 5.69 Å². The second-order valence-corrected chi connectivity index (χ2v) is 12.2. The number of carbonyl (C=O) groups excluding carboxylic acids is 2. The molecule has 6 rings (SSSR count). The zero-order chi connectivity index (χ0) is 32.6. The van der Waals surface area contributed by atoms with Gasteiger partial charge in [0.15, 0.2) is 17.3 Å². The van der Waals surface area contributed by atoms with Gasteiger partial charge >= 0.3 is 6.09 Å². The number of nitrogens with one attached hydrogen (secondary N) is 3. The van der Waals surface area contributed by atoms with Crippen molar-refractivity contribution >= 4 is 34.4 Å². The average molecular weight is 633 g/mol. The predicted molar refractivity (Wildman–Crippen MR) is 170 cm³/mol. The van der Waals surface area contributed by atoms with Gasteiger partial charge in [-0.05, 0) is 39.0 Å². The first-order valence-corrected chi connectivity index (χ1v) is 15.2. The van der Waals surface area contributed by atoms with Crippen LogP contribution in [0.25, 0.3) is 22.3 Å². The molecule has 5 heterocycles. The highest BCUT2D eigenvalue weighted by Gasteiger charge is 2.31. The third-order valence-electron chi connectivity index (χ3n) is 7.90. The SMILES string of the molecule is COc1cc2nccc(-c3[nH]c4c(c3Nc3cccc(F)c3OC)C(=O)NCC4)c2nc1OC1CCN(C(=O)OC(C)(C)C)CC1. The Labute approximate surface area is 265 Å². The van der Waals surface area contributed by atoms with Crippen molar-refractivity contribution in [1.82, 2.24) is 25.2 Å². The van der Waals surface area contributed by atoms with E-state index in [9.17, 15) is 14.0 Å². The number of anilines is 2. The number of nitrogens with zero attached hydrogens (tertiary/aromatic N) is 3. The Hall–Kier alpha value is -5.07. The first-order chi connectivity index (χ1) is 22.1. The van der Waals surface area contributed by atoms with Crippen LogP contribution in [-0.2, 0) is 11.2 Å². The van der Waals surface area contributed by atoms with Gasteiger partial charge in [0.05, 0.1) is 42.4 Å². The molecule has 12 nitrogen and oxygen atoms in total. The van der Waals surface area contributed by atoms with Crippen molar-refractivity contribution in [3.05, 3.63) is 53.6 Å². The van der Waals surface area contributed by atoms with Crippen LogP contribution < -0.4 is 24.8 Å². The maximum Gasteiger partial charge on any atom is 0.410 e. The third kappa shape index (κ3) is 6.09. The molecule has 3 aromatic heterocycles. The van der Waals surface area contributed by atoms with Crippen molar-refractivity contribution in [2.75, 3.05) is 39.2 Å². The number of carbonyl (C=O) groups is 2. The topological polar surface area (TPSA) is 140 Å². The second-order valence-electron chi connectivity index (χ2n) is 12.2. The van der Waals surface area contributed by atoms with Gasteiger partial charge in [0.2, 0.25) is 0 Å². The van der Waals surface area contributed by atoms with E-state index < -0.39 is 11.4 Å². The molecule has 0 atom stereocenters. The van der Waals surface area contributed by atoms with E-state index in [0.29, 0.717) is 83.9 Å². The molecule has 0 bridgehead atoms. The number of aromatic amines is 1. The van der Waals surface area contributed by atoms with Crippen molar-refractivity contribution in [3.8, 4) is 28.6 Å². The Morgan fingerprint density at radius 2 is 1.91 bits per heavy atom. The lowest BCUT2D eigenvalue weighted by Gasteiger charge is -2.33. The minimum atomic E-state index is -0.570. The van der Waals surface area contributed by atoms with E-state index in [1.807, 2.05) is 20.8 Å². The number of ether oxygens (including phenoxy) is 4. The van der Waals surface area contributed by atoms with E-state index in [1.165, 1.54) is 20.3 Å². The molecule has 0 saturated carbocycles. The molecule has 0 radical (unpaired) electrons. The lowest BCUT2D eigenvalue weighted by atomic mass is 10.0. The number of likely N-dealkylation sites (tertiary alicyclic amines) is 1. The van der Waals surface area contributed by atoms with Gasteiger partial charge in [-0.2, -0.15) is 0 Å². The largest absolute Gasteiger partial charge is 0.492 e. The summed E-state index contributed by atoms with van der Waals surface area (Å²) in [5.74, 6) is -0.0633. The van der Waals surface area contributed by atoms with Gasteiger partial charge in [0, 0.05) is 62.4 Å². The highest BCUT2D eigenvalue weighted by molar-refractivity contribution is 6.08. The number of rotatable bonds is 7. The molecule has 1 saturated heterocycles. The van der Waals surface area contributed by atoms with Gasteiger partial charge in [-0.1, -0.05) is 6.07 Å². The summed E-state index contributed by atoms with van der Waals surface area (Å²) in [5.41, 5.74) is 3.71. The maximum atomic E-state index is 14.6. The first kappa shape index (κ1) is 30.9. The Bertz CT molecular complexity index is 1790. The highest BCUT2D eigenvalue weighted by atomic mass is 19.1. The number of hydrogen-bond donors (Lipinski definition) is 3. The van der Waals surface area contributed by atoms with Crippen LogP contribution in [0.2, 0.25) is 0 Å². The summed E-state index contributed by atoms with van der Waals surface area (Å²) >= 11 is 0. The number of benzene rings is 1. The molecule has 2 aliphatic heterocycles. The van der Waals surface area contributed by atoms with Crippen LogP contribution in [0.3, 0.4) is 0 Å².